The number of hydrogen-bond donors (Lipinski definition) is 13. The number of amides is 6. The molecule has 4 heterocycles. The van der Waals surface area contributed by atoms with Gasteiger partial charge in [0.1, 0.15) is 48.7 Å². The van der Waals surface area contributed by atoms with Crippen molar-refractivity contribution in [3.8, 4) is 40.9 Å². The number of ketones is 1. The Bertz CT molecular complexity index is 3580. The molecule has 1 aromatic rings. The first kappa shape index (κ1) is 90.6. The highest BCUT2D eigenvalue weighted by Crippen LogP contribution is 2.49. The van der Waals surface area contributed by atoms with Gasteiger partial charge in [-0.3, -0.25) is 34.1 Å². The van der Waals surface area contributed by atoms with E-state index in [4.69, 9.17) is 67.4 Å². The van der Waals surface area contributed by atoms with Crippen LogP contribution < -0.4 is 57.3 Å². The number of urea groups is 1. The van der Waals surface area contributed by atoms with Crippen LogP contribution in [-0.4, -0.2) is 266 Å². The molecular weight excluding hydrogens is 1600 g/mol. The van der Waals surface area contributed by atoms with Gasteiger partial charge in [0.15, 0.2) is 41.8 Å². The van der Waals surface area contributed by atoms with Gasteiger partial charge in [0.05, 0.1) is 97.0 Å². The Morgan fingerprint density at radius 2 is 1.55 bits per heavy atom. The number of hydrogen-bond acceptors (Lipinski definition) is 30. The molecule has 0 radical (unpaired) electrons. The molecule has 0 spiro atoms. The Hall–Kier alpha value is -5.61. The summed E-state index contributed by atoms with van der Waals surface area (Å²) in [4.78, 5) is 99.1. The monoisotopic (exact) mass is 1700 g/mol. The topological polar surface area (TPSA) is 451 Å². The number of methoxy groups -OCH3 is 5. The second-order valence-corrected chi connectivity index (χ2v) is 32.9. The van der Waals surface area contributed by atoms with E-state index in [2.05, 4.69) is 61.1 Å². The van der Waals surface area contributed by atoms with Crippen LogP contribution in [0.5, 0.6) is 17.2 Å². The van der Waals surface area contributed by atoms with Crippen molar-refractivity contribution in [3.63, 3.8) is 0 Å². The van der Waals surface area contributed by atoms with Crippen LogP contribution in [0, 0.1) is 40.1 Å². The van der Waals surface area contributed by atoms with E-state index in [1.54, 1.807) is 54.7 Å². The summed E-state index contributed by atoms with van der Waals surface area (Å²) in [6, 6.07) is -4.09. The third kappa shape index (κ3) is 23.8. The van der Waals surface area contributed by atoms with E-state index < -0.39 is 173 Å². The van der Waals surface area contributed by atoms with E-state index in [-0.39, 0.29) is 96.3 Å². The van der Waals surface area contributed by atoms with Gasteiger partial charge in [0, 0.05) is 68.7 Å². The molecule has 14 N–H and O–H groups in total. The number of ether oxygens (including phenoxy) is 12. The van der Waals surface area contributed by atoms with E-state index in [9.17, 15) is 59.1 Å². The number of hydroxylamine groups is 1. The van der Waals surface area contributed by atoms with Gasteiger partial charge in [-0.25, -0.2) is 9.59 Å². The number of aliphatic hydroxyl groups is 5. The highest BCUT2D eigenvalue weighted by molar-refractivity contribution is 14.1. The average molecular weight is 1710 g/mol. The van der Waals surface area contributed by atoms with Crippen molar-refractivity contribution in [1.29, 1.82) is 0 Å². The molecule has 0 unspecified atom stereocenters. The Labute approximate surface area is 660 Å². The zero-order valence-electron chi connectivity index (χ0n) is 63.7. The molecule has 4 fully saturated rings. The number of primary amides is 1. The summed E-state index contributed by atoms with van der Waals surface area (Å²) in [7, 11) is 9.48. The van der Waals surface area contributed by atoms with E-state index in [1.165, 1.54) is 62.0 Å². The molecule has 21 atom stereocenters. The number of thioether (sulfide) groups is 1. The predicted molar refractivity (Wildman–Crippen MR) is 409 cm³/mol. The van der Waals surface area contributed by atoms with Crippen LogP contribution in [0.25, 0.3) is 0 Å². The van der Waals surface area contributed by atoms with Gasteiger partial charge in [0.25, 0.3) is 0 Å². The summed E-state index contributed by atoms with van der Waals surface area (Å²) >= 11 is 2.79. The fraction of sp³-hybridized carbons (Fsp3) is 0.681. The minimum atomic E-state index is -2.22. The highest BCUT2D eigenvalue weighted by Gasteiger charge is 2.52. The predicted octanol–water partition coefficient (Wildman–Crippen LogP) is 2.30. The largest absolute Gasteiger partial charge is 0.492 e. The number of carbonyl (C=O) groups excluding carboxylic acids is 7. The van der Waals surface area contributed by atoms with Crippen LogP contribution in [0.3, 0.4) is 0 Å². The first-order valence-electron chi connectivity index (χ1n) is 35.7. The molecule has 608 valence electrons. The summed E-state index contributed by atoms with van der Waals surface area (Å²) in [5.41, 5.74) is 6.01. The number of halogens is 1. The smallest absolute Gasteiger partial charge is 0.411 e. The molecule has 109 heavy (non-hydrogen) atoms. The van der Waals surface area contributed by atoms with Gasteiger partial charge in [-0.1, -0.05) is 83.9 Å². The maximum absolute atomic E-state index is 14.6. The second-order valence-electron chi connectivity index (χ2n) is 27.6. The SMILES string of the molecule is CCN[C@H]1CO[C@@H](O[C@H]2[C@H](O[C@H]3C#C/C=C/C#C[C@]4(O)CC(=O)C(NC(=O)OC)=C3/C4=C\CSSC(C)(C)CCNC(=O)[C@H](CCCNC(N)=O)NC(=O)[C@@H](NC(C)=O)C(C)C)O[C@H](C)[C@@H](NO[C@H]3C[C@H](O)[C@H](SC(=O)c4c(C)c(I)c(O[C@@H]5O[C@@H](C)[C@H](O)[C@@H](OC)[C@H]5O)c(OC)c4OC)[C@@H](C)O3)[C@@H]2O)C[C@@H]1OC. The lowest BCUT2D eigenvalue weighted by Gasteiger charge is -2.46. The van der Waals surface area contributed by atoms with Crippen LogP contribution in [0.15, 0.2) is 35.1 Å². The van der Waals surface area contributed by atoms with Gasteiger partial charge in [0.2, 0.25) is 34.9 Å². The summed E-state index contributed by atoms with van der Waals surface area (Å²) in [5, 5.41) is 74.3. The van der Waals surface area contributed by atoms with Gasteiger partial charge in [-0.05, 0) is 114 Å². The van der Waals surface area contributed by atoms with E-state index in [0.29, 0.717) is 28.5 Å². The second kappa shape index (κ2) is 42.0. The molecule has 2 bridgehead atoms. The number of aliphatic hydroxyl groups excluding tert-OH is 4. The molecule has 1 aromatic carbocycles. The first-order chi connectivity index (χ1) is 51.7. The number of likely N-dealkylation sites (N-methyl/N-ethyl adjacent to an activating group) is 1. The van der Waals surface area contributed by atoms with Crippen molar-refractivity contribution in [2.45, 2.75) is 240 Å². The summed E-state index contributed by atoms with van der Waals surface area (Å²) < 4.78 is 72.6. The van der Waals surface area contributed by atoms with Crippen LogP contribution in [0.4, 0.5) is 9.59 Å². The standard InChI is InChI=1S/C72H105IN8O25S3/c1-16-75-42-33-99-47(31-46(42)94-11)104-61-56(86)53(81-106-48-30-43(83)63(38(7)100-48)108-66(90)49-35(4)51(73)59(62(97-14)58(49)95-12)105-67-57(87)60(96-13)55(85)37(6)102-67)36(5)101-68(61)103-45-23-19-17-18-20-25-72(93)32-44(84)54(80-70(92)98-15)50(45)40(72)24-29-107-109-71(9,10)26-28-76-64(88)41(22-21-27-77-69(74)91)79-65(89)52(34(2)3)78-39(8)82/h17-18,24,34,36-38,41-43,45-48,52-53,55-57,60-61,63,67-68,75,81,83,85-87,93H,16,21-22,26-33H2,1-15H3,(H,76,88)(H,78,82)(H,79,89)(H,80,92)(H3,74,77,91)/b18-17+,40-24+/t36-,37+,38-,41+,42+,43+,45+,46+,47+,48+,52+,53-,55+,56+,57-,60-,61-,63-,67+,68+,72+/m1/s1. The summed E-state index contributed by atoms with van der Waals surface area (Å²) in [6.07, 6.45) is -14.3. The number of carbonyl (C=O) groups is 7. The molecule has 37 heteroatoms. The lowest BCUT2D eigenvalue weighted by molar-refractivity contribution is -0.336. The molecule has 4 aliphatic heterocycles. The Morgan fingerprint density at radius 3 is 2.19 bits per heavy atom. The molecule has 6 amide bonds. The number of benzene rings is 1. The number of nitrogens with one attached hydrogen (secondary N) is 7. The number of alkyl carbamates (subject to hydrolysis) is 1. The van der Waals surface area contributed by atoms with Gasteiger partial charge in [-0.2, -0.15) is 5.48 Å². The van der Waals surface area contributed by atoms with Crippen molar-refractivity contribution in [1.82, 2.24) is 37.4 Å². The number of allylic oxidation sites excluding steroid dienone is 3. The van der Waals surface area contributed by atoms with Crippen molar-refractivity contribution in [2.24, 2.45) is 11.7 Å². The van der Waals surface area contributed by atoms with Gasteiger partial charge >= 0.3 is 12.1 Å². The van der Waals surface area contributed by atoms with Crippen molar-refractivity contribution in [2.75, 3.05) is 67.5 Å². The van der Waals surface area contributed by atoms with Crippen LogP contribution >= 0.6 is 55.9 Å². The lowest BCUT2D eigenvalue weighted by Crippen LogP contribution is -2.65. The van der Waals surface area contributed by atoms with Crippen molar-refractivity contribution in [3.05, 3.63) is 49.8 Å². The zero-order valence-corrected chi connectivity index (χ0v) is 68.3. The van der Waals surface area contributed by atoms with Gasteiger partial charge in [-0.15, -0.1) is 0 Å². The Morgan fingerprint density at radius 1 is 0.844 bits per heavy atom. The minimum absolute atomic E-state index is 0.00101. The minimum Gasteiger partial charge on any atom is -0.492 e. The van der Waals surface area contributed by atoms with Crippen LogP contribution in [0.1, 0.15) is 117 Å². The fourth-order valence-electron chi connectivity index (χ4n) is 13.1. The maximum atomic E-state index is 14.6. The molecule has 33 nitrogen and oxygen atoms in total. The normalized spacial score (nSPS) is 31.0. The average Bonchev–Trinajstić information content (AvgIpc) is 0.754. The Balaban J connectivity index is 1.11. The first-order valence-corrected chi connectivity index (χ1v) is 40.0. The molecule has 2 aliphatic carbocycles. The van der Waals surface area contributed by atoms with Crippen LogP contribution in [-0.2, 0) is 66.6 Å². The van der Waals surface area contributed by atoms with E-state index in [1.807, 2.05) is 43.4 Å². The summed E-state index contributed by atoms with van der Waals surface area (Å²) in [6.45, 7) is 18.2. The highest BCUT2D eigenvalue weighted by atomic mass is 127. The van der Waals surface area contributed by atoms with Crippen LogP contribution in [0.2, 0.25) is 0 Å². The molecule has 7 rings (SSSR count). The summed E-state index contributed by atoms with van der Waals surface area (Å²) in [5.74, 6) is 9.21. The molecule has 6 aliphatic rings. The molecule has 0 saturated carbocycles. The molecule has 0 aromatic heterocycles. The third-order valence-corrected chi connectivity index (χ3v) is 24.7. The zero-order chi connectivity index (χ0) is 80.4. The number of nitrogens with two attached hydrogens (primary N) is 1. The third-order valence-electron chi connectivity index (χ3n) is 18.9. The van der Waals surface area contributed by atoms with Crippen molar-refractivity contribution >= 4 is 96.7 Å². The van der Waals surface area contributed by atoms with Crippen molar-refractivity contribution < 1.29 is 121 Å². The fourth-order valence-corrected chi connectivity index (χ4v) is 17.3. The quantitative estimate of drug-likeness (QED) is 0.0155. The molecule has 4 saturated heterocycles. The van der Waals surface area contributed by atoms with E-state index in [0.717, 1.165) is 18.9 Å². The van der Waals surface area contributed by atoms with Gasteiger partial charge < -0.3 is 115 Å². The number of rotatable bonds is 34. The number of Topliss-reactive ketones (excluding diaryl/α,β-unsaturated/α-hetero) is 1. The Kier molecular flexibility index (Phi) is 34.9. The molecular formula is C72H105IN8O25S3. The lowest BCUT2D eigenvalue weighted by atomic mass is 9.75. The number of fused-ring (bicyclic) bond motifs is 2. The van der Waals surface area contributed by atoms with E-state index >= 15 is 0 Å². The maximum Gasteiger partial charge on any atom is 0.411 e.